The third-order valence-corrected chi connectivity index (χ3v) is 5.66. The molecule has 0 atom stereocenters. The van der Waals surface area contributed by atoms with Crippen molar-refractivity contribution in [3.63, 3.8) is 0 Å². The van der Waals surface area contributed by atoms with E-state index in [2.05, 4.69) is 17.1 Å². The number of para-hydroxylation sites is 3. The summed E-state index contributed by atoms with van der Waals surface area (Å²) in [7, 11) is 0. The number of fused-ring (bicyclic) bond motifs is 2. The zero-order valence-electron chi connectivity index (χ0n) is 19.1. The van der Waals surface area contributed by atoms with Crippen LogP contribution < -0.4 is 10.1 Å². The quantitative estimate of drug-likeness (QED) is 0.522. The van der Waals surface area contributed by atoms with E-state index in [1.54, 1.807) is 12.1 Å². The molecule has 33 heavy (non-hydrogen) atoms. The molecule has 4 rings (SSSR count). The van der Waals surface area contributed by atoms with Crippen LogP contribution in [0.25, 0.3) is 10.9 Å². The minimum absolute atomic E-state index is 0.386. The van der Waals surface area contributed by atoms with Gasteiger partial charge in [0.2, 0.25) is 0 Å². The molecule has 2 aromatic carbocycles. The van der Waals surface area contributed by atoms with E-state index in [1.807, 2.05) is 43.3 Å². The number of nitrogens with one attached hydrogen (secondary N) is 1. The summed E-state index contributed by atoms with van der Waals surface area (Å²) in [5.74, 6) is -0.350. The summed E-state index contributed by atoms with van der Waals surface area (Å²) in [4.78, 5) is 32.9. The maximum Gasteiger partial charge on any atom is 0.339 e. The minimum Gasteiger partial charge on any atom is -0.492 e. The van der Waals surface area contributed by atoms with Gasteiger partial charge in [0.05, 0.1) is 23.4 Å². The topological polar surface area (TPSA) is 80.8 Å². The Balaban J connectivity index is 1.54. The Labute approximate surface area is 193 Å². The maximum absolute atomic E-state index is 13.2. The second kappa shape index (κ2) is 10.4. The number of hydrogen-bond acceptors (Lipinski definition) is 6. The fourth-order valence-electron chi connectivity index (χ4n) is 4.23. The third kappa shape index (κ3) is 5.14. The number of carbonyl (C=O) groups is 2. The normalized spacial score (nSPS) is 13.4. The predicted molar refractivity (Wildman–Crippen MR) is 128 cm³/mol. The van der Waals surface area contributed by atoms with Crippen LogP contribution in [0.4, 0.5) is 5.69 Å². The van der Waals surface area contributed by atoms with E-state index < -0.39 is 11.9 Å². The van der Waals surface area contributed by atoms with E-state index in [1.165, 1.54) is 0 Å². The lowest BCUT2D eigenvalue weighted by molar-refractivity contribution is -0.119. The number of ether oxygens (including phenoxy) is 2. The van der Waals surface area contributed by atoms with Crippen molar-refractivity contribution >= 4 is 28.5 Å². The van der Waals surface area contributed by atoms with Crippen molar-refractivity contribution in [1.29, 1.82) is 0 Å². The number of anilines is 1. The van der Waals surface area contributed by atoms with E-state index in [4.69, 9.17) is 14.5 Å². The molecule has 0 aliphatic carbocycles. The van der Waals surface area contributed by atoms with Crippen LogP contribution in [0.2, 0.25) is 0 Å². The highest BCUT2D eigenvalue weighted by atomic mass is 16.5. The number of hydrogen-bond donors (Lipinski definition) is 1. The van der Waals surface area contributed by atoms with Crippen LogP contribution in [0.1, 0.15) is 41.9 Å². The van der Waals surface area contributed by atoms with E-state index in [0.717, 1.165) is 48.1 Å². The highest BCUT2D eigenvalue weighted by Gasteiger charge is 2.26. The average Bonchev–Trinajstić information content (AvgIpc) is 2.82. The molecule has 0 radical (unpaired) electrons. The summed E-state index contributed by atoms with van der Waals surface area (Å²) in [5.41, 5.74) is 3.66. The molecule has 0 fully saturated rings. The van der Waals surface area contributed by atoms with Crippen molar-refractivity contribution in [2.75, 3.05) is 31.6 Å². The molecule has 0 saturated carbocycles. The monoisotopic (exact) mass is 447 g/mol. The molecule has 1 aliphatic heterocycles. The van der Waals surface area contributed by atoms with Crippen LogP contribution in [0.5, 0.6) is 5.75 Å². The van der Waals surface area contributed by atoms with Gasteiger partial charge in [-0.05, 0) is 38.1 Å². The second-order valence-electron chi connectivity index (χ2n) is 8.01. The summed E-state index contributed by atoms with van der Waals surface area (Å²) in [6.07, 6.45) is 1.83. The molecule has 2 heterocycles. The average molecular weight is 448 g/mol. The Hall–Kier alpha value is -3.45. The molecule has 1 aliphatic rings. The van der Waals surface area contributed by atoms with Crippen LogP contribution in [0.15, 0.2) is 48.5 Å². The summed E-state index contributed by atoms with van der Waals surface area (Å²) in [6.45, 7) is 6.65. The minimum atomic E-state index is -0.503. The van der Waals surface area contributed by atoms with Gasteiger partial charge in [-0.1, -0.05) is 37.3 Å². The number of amides is 1. The van der Waals surface area contributed by atoms with Gasteiger partial charge in [-0.25, -0.2) is 4.79 Å². The third-order valence-electron chi connectivity index (χ3n) is 5.66. The van der Waals surface area contributed by atoms with Gasteiger partial charge in [0, 0.05) is 36.2 Å². The molecule has 7 heteroatoms. The number of benzene rings is 2. The van der Waals surface area contributed by atoms with Crippen molar-refractivity contribution in [1.82, 2.24) is 9.88 Å². The van der Waals surface area contributed by atoms with Crippen LogP contribution >= 0.6 is 0 Å². The lowest BCUT2D eigenvalue weighted by atomic mass is 9.95. The van der Waals surface area contributed by atoms with Gasteiger partial charge < -0.3 is 14.8 Å². The van der Waals surface area contributed by atoms with Crippen LogP contribution in [0.3, 0.4) is 0 Å². The van der Waals surface area contributed by atoms with Crippen LogP contribution in [0, 0.1) is 0 Å². The molecule has 0 unspecified atom stereocenters. The SMILES string of the molecule is CCCN1CCc2nc3ccccc3c(C(=O)OCC(=O)Nc3ccccc3OCC)c2C1. The molecule has 1 aromatic heterocycles. The number of aromatic nitrogens is 1. The highest BCUT2D eigenvalue weighted by molar-refractivity contribution is 6.06. The number of carbonyl (C=O) groups excluding carboxylic acids is 2. The summed E-state index contributed by atoms with van der Waals surface area (Å²) < 4.78 is 11.0. The zero-order chi connectivity index (χ0) is 23.2. The lowest BCUT2D eigenvalue weighted by Gasteiger charge is -2.29. The standard InChI is InChI=1S/C26H29N3O4/c1-3-14-29-15-13-21-19(16-29)25(18-9-5-6-10-20(18)27-21)26(31)33-17-24(30)28-22-11-7-8-12-23(22)32-4-2/h5-12H,3-4,13-17H2,1-2H3,(H,28,30). The Bertz CT molecular complexity index is 1160. The van der Waals surface area contributed by atoms with Gasteiger partial charge in [0.25, 0.3) is 5.91 Å². The van der Waals surface area contributed by atoms with Crippen molar-refractivity contribution in [3.8, 4) is 5.75 Å². The Morgan fingerprint density at radius 2 is 1.88 bits per heavy atom. The maximum atomic E-state index is 13.2. The van der Waals surface area contributed by atoms with E-state index in [-0.39, 0.29) is 6.61 Å². The van der Waals surface area contributed by atoms with E-state index in [0.29, 0.717) is 30.2 Å². The summed E-state index contributed by atoms with van der Waals surface area (Å²) in [5, 5.41) is 3.52. The number of rotatable bonds is 8. The van der Waals surface area contributed by atoms with Crippen molar-refractivity contribution in [2.45, 2.75) is 33.2 Å². The lowest BCUT2D eigenvalue weighted by Crippen LogP contribution is -2.33. The van der Waals surface area contributed by atoms with Gasteiger partial charge in [-0.2, -0.15) is 0 Å². The first kappa shape index (κ1) is 22.7. The second-order valence-corrected chi connectivity index (χ2v) is 8.01. The first-order valence-electron chi connectivity index (χ1n) is 11.4. The van der Waals surface area contributed by atoms with E-state index in [9.17, 15) is 9.59 Å². The van der Waals surface area contributed by atoms with Gasteiger partial charge in [-0.15, -0.1) is 0 Å². The summed E-state index contributed by atoms with van der Waals surface area (Å²) in [6, 6.07) is 14.8. The molecule has 1 amide bonds. The molecular formula is C26H29N3O4. The van der Waals surface area contributed by atoms with Crippen molar-refractivity contribution in [2.24, 2.45) is 0 Å². The molecule has 172 valence electrons. The van der Waals surface area contributed by atoms with Gasteiger partial charge in [0.15, 0.2) is 6.61 Å². The van der Waals surface area contributed by atoms with Crippen LogP contribution in [-0.2, 0) is 22.5 Å². The van der Waals surface area contributed by atoms with Gasteiger partial charge in [-0.3, -0.25) is 14.7 Å². The molecular weight excluding hydrogens is 418 g/mol. The number of esters is 1. The number of nitrogens with zero attached hydrogens (tertiary/aromatic N) is 2. The molecule has 3 aromatic rings. The van der Waals surface area contributed by atoms with Crippen molar-refractivity contribution < 1.29 is 19.1 Å². The molecule has 7 nitrogen and oxygen atoms in total. The molecule has 0 saturated heterocycles. The largest absolute Gasteiger partial charge is 0.492 e. The smallest absolute Gasteiger partial charge is 0.339 e. The Kier molecular flexibility index (Phi) is 7.19. The Morgan fingerprint density at radius 1 is 1.09 bits per heavy atom. The molecule has 1 N–H and O–H groups in total. The first-order chi connectivity index (χ1) is 16.1. The van der Waals surface area contributed by atoms with Gasteiger partial charge in [0.1, 0.15) is 5.75 Å². The zero-order valence-corrected chi connectivity index (χ0v) is 19.1. The first-order valence-corrected chi connectivity index (χ1v) is 11.4. The predicted octanol–water partition coefficient (Wildman–Crippen LogP) is 4.20. The highest BCUT2D eigenvalue weighted by Crippen LogP contribution is 2.29. The summed E-state index contributed by atoms with van der Waals surface area (Å²) >= 11 is 0. The van der Waals surface area contributed by atoms with E-state index >= 15 is 0 Å². The fraction of sp³-hybridized carbons (Fsp3) is 0.346. The fourth-order valence-corrected chi connectivity index (χ4v) is 4.23. The Morgan fingerprint density at radius 3 is 2.70 bits per heavy atom. The number of pyridine rings is 1. The van der Waals surface area contributed by atoms with Crippen molar-refractivity contribution in [3.05, 3.63) is 65.4 Å². The van der Waals surface area contributed by atoms with Gasteiger partial charge >= 0.3 is 5.97 Å². The molecule has 0 spiro atoms. The van der Waals surface area contributed by atoms with Crippen LogP contribution in [-0.4, -0.2) is 48.1 Å². The molecule has 0 bridgehead atoms.